The van der Waals surface area contributed by atoms with Crippen molar-refractivity contribution in [2.75, 3.05) is 39.3 Å². The summed E-state index contributed by atoms with van der Waals surface area (Å²) in [7, 11) is 0. The van der Waals surface area contributed by atoms with Crippen molar-refractivity contribution >= 4 is 0 Å². The number of hydrogen-bond donors (Lipinski definition) is 1. The Hall–Kier alpha value is -2.82. The number of fused-ring (bicyclic) bond motifs is 1. The molecule has 0 amide bonds. The van der Waals surface area contributed by atoms with Gasteiger partial charge in [-0.15, -0.1) is 0 Å². The van der Waals surface area contributed by atoms with Crippen molar-refractivity contribution in [1.82, 2.24) is 9.80 Å². The van der Waals surface area contributed by atoms with Crippen LogP contribution in [-0.2, 0) is 4.74 Å². The van der Waals surface area contributed by atoms with Gasteiger partial charge in [0.2, 0.25) is 0 Å². The topological polar surface area (TPSA) is 41.7 Å². The largest absolute Gasteiger partial charge is 0.466 e. The van der Waals surface area contributed by atoms with Crippen LogP contribution in [0.15, 0.2) is 94.6 Å². The molecule has 0 spiro atoms. The highest BCUT2D eigenvalue weighted by atomic mass is 16.5. The third kappa shape index (κ3) is 4.89. The van der Waals surface area contributed by atoms with E-state index in [1.54, 1.807) is 0 Å². The summed E-state index contributed by atoms with van der Waals surface area (Å²) >= 11 is 0. The minimum Gasteiger partial charge on any atom is -0.466 e. The van der Waals surface area contributed by atoms with E-state index in [0.29, 0.717) is 5.92 Å². The van der Waals surface area contributed by atoms with Gasteiger partial charge in [-0.1, -0.05) is 67.6 Å². The van der Waals surface area contributed by atoms with Gasteiger partial charge in [0.1, 0.15) is 11.5 Å². The Bertz CT molecular complexity index is 1130. The van der Waals surface area contributed by atoms with Gasteiger partial charge >= 0.3 is 0 Å². The second-order valence-corrected chi connectivity index (χ2v) is 11.1. The van der Waals surface area contributed by atoms with E-state index in [-0.39, 0.29) is 5.41 Å². The lowest BCUT2D eigenvalue weighted by molar-refractivity contribution is 0.102. The van der Waals surface area contributed by atoms with Gasteiger partial charge in [-0.05, 0) is 56.9 Å². The summed E-state index contributed by atoms with van der Waals surface area (Å²) in [5, 5.41) is 0. The van der Waals surface area contributed by atoms with Gasteiger partial charge in [0.15, 0.2) is 0 Å². The van der Waals surface area contributed by atoms with E-state index in [9.17, 15) is 0 Å². The fourth-order valence-electron chi connectivity index (χ4n) is 6.32. The summed E-state index contributed by atoms with van der Waals surface area (Å²) in [4.78, 5) is 5.26. The van der Waals surface area contributed by atoms with Crippen molar-refractivity contribution in [3.8, 4) is 0 Å². The van der Waals surface area contributed by atoms with Crippen molar-refractivity contribution in [2.45, 2.75) is 46.5 Å². The second-order valence-electron chi connectivity index (χ2n) is 11.1. The molecule has 0 saturated carbocycles. The quantitative estimate of drug-likeness (QED) is 0.521. The predicted octanol–water partition coefficient (Wildman–Crippen LogP) is 6.05. The molecule has 190 valence electrons. The number of benzene rings is 2. The standard InChI is InChI=1S/C32H41N3O/c1-23-24(2)36-25(3)29-21-32(4,31(33)30(23)29)22-35-19-17-34(18-20-35)16-15-28(26-11-7-5-8-12-26)27-13-9-6-10-14-27/h5-14,28H,15-22,33H2,1-4H3. The lowest BCUT2D eigenvalue weighted by Gasteiger charge is -2.39. The van der Waals surface area contributed by atoms with Crippen molar-refractivity contribution in [1.29, 1.82) is 0 Å². The number of piperazine rings is 1. The molecule has 2 heterocycles. The number of nitrogens with two attached hydrogens (primary N) is 1. The number of hydrogen-bond acceptors (Lipinski definition) is 4. The summed E-state index contributed by atoms with van der Waals surface area (Å²) in [6.07, 6.45) is 2.11. The molecule has 0 bridgehead atoms. The molecule has 3 aliphatic rings. The first-order valence-electron chi connectivity index (χ1n) is 13.5. The van der Waals surface area contributed by atoms with Gasteiger partial charge in [0.05, 0.1) is 0 Å². The monoisotopic (exact) mass is 483 g/mol. The van der Waals surface area contributed by atoms with Crippen LogP contribution in [0.4, 0.5) is 0 Å². The molecule has 1 fully saturated rings. The fourth-order valence-corrected chi connectivity index (χ4v) is 6.32. The molecule has 36 heavy (non-hydrogen) atoms. The average Bonchev–Trinajstić information content (AvgIpc) is 3.16. The first-order valence-corrected chi connectivity index (χ1v) is 13.5. The van der Waals surface area contributed by atoms with Gasteiger partial charge in [-0.2, -0.15) is 0 Å². The molecule has 2 N–H and O–H groups in total. The Kier molecular flexibility index (Phi) is 7.09. The molecule has 1 saturated heterocycles. The lowest BCUT2D eigenvalue weighted by atomic mass is 9.85. The third-order valence-electron chi connectivity index (χ3n) is 8.60. The predicted molar refractivity (Wildman–Crippen MR) is 148 cm³/mol. The van der Waals surface area contributed by atoms with Gasteiger partial charge in [0.25, 0.3) is 0 Å². The van der Waals surface area contributed by atoms with Crippen LogP contribution >= 0.6 is 0 Å². The summed E-state index contributed by atoms with van der Waals surface area (Å²) < 4.78 is 6.02. The highest BCUT2D eigenvalue weighted by molar-refractivity contribution is 5.58. The maximum absolute atomic E-state index is 6.84. The molecule has 0 aromatic heterocycles. The third-order valence-corrected chi connectivity index (χ3v) is 8.60. The average molecular weight is 484 g/mol. The summed E-state index contributed by atoms with van der Waals surface area (Å²) in [5.74, 6) is 2.45. The first kappa shape index (κ1) is 24.9. The Morgan fingerprint density at radius 1 is 0.833 bits per heavy atom. The van der Waals surface area contributed by atoms with E-state index < -0.39 is 0 Å². The molecule has 2 aromatic carbocycles. The zero-order chi connectivity index (χ0) is 25.3. The van der Waals surface area contributed by atoms with E-state index in [2.05, 4.69) is 91.2 Å². The van der Waals surface area contributed by atoms with Gasteiger partial charge in [-0.3, -0.25) is 4.90 Å². The number of ether oxygens (including phenoxy) is 1. The fraction of sp³-hybridized carbons (Fsp3) is 0.438. The van der Waals surface area contributed by atoms with Crippen LogP contribution in [0.2, 0.25) is 0 Å². The van der Waals surface area contributed by atoms with Crippen LogP contribution in [0, 0.1) is 5.41 Å². The number of allylic oxidation sites excluding steroid dienone is 5. The van der Waals surface area contributed by atoms with Crippen molar-refractivity contribution in [2.24, 2.45) is 11.1 Å². The van der Waals surface area contributed by atoms with Crippen molar-refractivity contribution in [3.63, 3.8) is 0 Å². The van der Waals surface area contributed by atoms with E-state index in [1.165, 1.54) is 27.8 Å². The van der Waals surface area contributed by atoms with Crippen molar-refractivity contribution in [3.05, 3.63) is 106 Å². The highest BCUT2D eigenvalue weighted by Crippen LogP contribution is 2.50. The molecular formula is C32H41N3O. The van der Waals surface area contributed by atoms with E-state index >= 15 is 0 Å². The SMILES string of the molecule is CC1=C(C)C2=C(N)C(C)(CN3CCN(CCC(c4ccccc4)c4ccccc4)CC3)CC2=C(C)O1. The molecule has 5 rings (SSSR count). The smallest absolute Gasteiger partial charge is 0.104 e. The minimum absolute atomic E-state index is 0.0327. The van der Waals surface area contributed by atoms with Gasteiger partial charge < -0.3 is 15.4 Å². The highest BCUT2D eigenvalue weighted by Gasteiger charge is 2.43. The van der Waals surface area contributed by atoms with E-state index in [1.807, 2.05) is 6.92 Å². The van der Waals surface area contributed by atoms with Gasteiger partial charge in [-0.25, -0.2) is 0 Å². The number of rotatable bonds is 7. The van der Waals surface area contributed by atoms with Crippen LogP contribution < -0.4 is 5.73 Å². The zero-order valence-corrected chi connectivity index (χ0v) is 22.4. The minimum atomic E-state index is -0.0327. The Morgan fingerprint density at radius 2 is 1.39 bits per heavy atom. The van der Waals surface area contributed by atoms with E-state index in [4.69, 9.17) is 10.5 Å². The van der Waals surface area contributed by atoms with Crippen LogP contribution in [0.3, 0.4) is 0 Å². The Labute approximate surface area is 217 Å². The Morgan fingerprint density at radius 3 is 1.97 bits per heavy atom. The molecular weight excluding hydrogens is 442 g/mol. The van der Waals surface area contributed by atoms with Crippen LogP contribution in [0.1, 0.15) is 57.6 Å². The second kappa shape index (κ2) is 10.3. The van der Waals surface area contributed by atoms with Crippen LogP contribution in [0.25, 0.3) is 0 Å². The molecule has 2 aliphatic heterocycles. The summed E-state index contributed by atoms with van der Waals surface area (Å²) in [6, 6.07) is 21.9. The molecule has 4 nitrogen and oxygen atoms in total. The Balaban J connectivity index is 1.20. The first-order chi connectivity index (χ1) is 17.4. The van der Waals surface area contributed by atoms with Gasteiger partial charge in [0, 0.05) is 60.9 Å². The molecule has 1 aliphatic carbocycles. The number of nitrogens with zero attached hydrogens (tertiary/aromatic N) is 2. The van der Waals surface area contributed by atoms with Crippen LogP contribution in [0.5, 0.6) is 0 Å². The van der Waals surface area contributed by atoms with Crippen molar-refractivity contribution < 1.29 is 4.74 Å². The molecule has 1 unspecified atom stereocenters. The molecule has 4 heteroatoms. The lowest BCUT2D eigenvalue weighted by Crippen LogP contribution is -2.50. The zero-order valence-electron chi connectivity index (χ0n) is 22.4. The van der Waals surface area contributed by atoms with E-state index in [0.717, 1.165) is 69.3 Å². The molecule has 2 aromatic rings. The normalized spacial score (nSPS) is 23.5. The maximum Gasteiger partial charge on any atom is 0.104 e. The summed E-state index contributed by atoms with van der Waals surface area (Å²) in [5.41, 5.74) is 14.4. The molecule has 1 atom stereocenters. The molecule has 0 radical (unpaired) electrons. The van der Waals surface area contributed by atoms with Crippen LogP contribution in [-0.4, -0.2) is 49.1 Å². The summed E-state index contributed by atoms with van der Waals surface area (Å²) in [6.45, 7) is 15.2. The maximum atomic E-state index is 6.84.